The lowest BCUT2D eigenvalue weighted by atomic mass is 9.97. The van der Waals surface area contributed by atoms with Crippen molar-refractivity contribution in [2.24, 2.45) is 11.7 Å². The van der Waals surface area contributed by atoms with E-state index in [4.69, 9.17) is 5.73 Å². The van der Waals surface area contributed by atoms with Gasteiger partial charge in [0.2, 0.25) is 0 Å². The van der Waals surface area contributed by atoms with Crippen LogP contribution in [-0.2, 0) is 13.1 Å². The number of piperidine rings is 1. The van der Waals surface area contributed by atoms with Gasteiger partial charge in [0.15, 0.2) is 0 Å². The number of nitrogens with zero attached hydrogens (tertiary/aromatic N) is 3. The monoisotopic (exact) mass is 522 g/mol. The van der Waals surface area contributed by atoms with Crippen molar-refractivity contribution in [3.63, 3.8) is 0 Å². The van der Waals surface area contributed by atoms with E-state index in [0.29, 0.717) is 5.56 Å². The molecule has 1 aliphatic heterocycles. The van der Waals surface area contributed by atoms with Crippen LogP contribution in [0.25, 0.3) is 0 Å². The molecular weight excluding hydrogens is 495 g/mol. The Morgan fingerprint density at radius 1 is 1.00 bits per heavy atom. The Bertz CT molecular complexity index is 1360. The van der Waals surface area contributed by atoms with E-state index in [0.717, 1.165) is 21.3 Å². The molecule has 11 heteroatoms. The van der Waals surface area contributed by atoms with Crippen molar-refractivity contribution in [2.45, 2.75) is 45.1 Å². The standard InChI is InChI=1S/C26H27F5N4O2/c1-16-23(33-12-6-9-18(13-33)26(29,30)31)24(36)35(15-22(32)17-7-3-2-4-8-17)25(37)34(16)14-19-20(27)10-5-11-21(19)28/h2-5,7-8,10-11,18,22H,6,9,12-15,32H2,1H3/t18?,22-/m0/s1. The van der Waals surface area contributed by atoms with Crippen molar-refractivity contribution in [2.75, 3.05) is 18.0 Å². The van der Waals surface area contributed by atoms with Crippen molar-refractivity contribution >= 4 is 5.69 Å². The fourth-order valence-electron chi connectivity index (χ4n) is 4.79. The molecule has 4 rings (SSSR count). The number of aromatic nitrogens is 2. The van der Waals surface area contributed by atoms with Crippen LogP contribution in [0.3, 0.4) is 0 Å². The zero-order chi connectivity index (χ0) is 26.9. The fourth-order valence-corrected chi connectivity index (χ4v) is 4.79. The van der Waals surface area contributed by atoms with Crippen molar-refractivity contribution in [1.82, 2.24) is 9.13 Å². The van der Waals surface area contributed by atoms with E-state index >= 15 is 0 Å². The van der Waals surface area contributed by atoms with Gasteiger partial charge in [-0.25, -0.2) is 13.6 Å². The van der Waals surface area contributed by atoms with E-state index in [1.54, 1.807) is 30.3 Å². The van der Waals surface area contributed by atoms with Gasteiger partial charge in [-0.1, -0.05) is 36.4 Å². The van der Waals surface area contributed by atoms with Crippen LogP contribution in [-0.4, -0.2) is 28.4 Å². The first-order valence-corrected chi connectivity index (χ1v) is 11.9. The third-order valence-corrected chi connectivity index (χ3v) is 6.84. The molecule has 37 heavy (non-hydrogen) atoms. The van der Waals surface area contributed by atoms with Crippen LogP contribution in [0.4, 0.5) is 27.6 Å². The number of halogens is 5. The van der Waals surface area contributed by atoms with E-state index in [9.17, 15) is 31.5 Å². The number of hydrogen-bond donors (Lipinski definition) is 1. The second-order valence-electron chi connectivity index (χ2n) is 9.26. The number of benzene rings is 2. The molecule has 2 heterocycles. The van der Waals surface area contributed by atoms with Crippen LogP contribution in [0.5, 0.6) is 0 Å². The SMILES string of the molecule is Cc1c(N2CCCC(C(F)(F)F)C2)c(=O)n(C[C@H](N)c2ccccc2)c(=O)n1Cc1c(F)cccc1F. The molecule has 0 radical (unpaired) electrons. The molecule has 0 spiro atoms. The van der Waals surface area contributed by atoms with E-state index in [1.165, 1.54) is 17.9 Å². The highest BCUT2D eigenvalue weighted by atomic mass is 19.4. The topological polar surface area (TPSA) is 73.3 Å². The molecule has 1 saturated heterocycles. The summed E-state index contributed by atoms with van der Waals surface area (Å²) in [5.74, 6) is -3.42. The van der Waals surface area contributed by atoms with Gasteiger partial charge in [-0.15, -0.1) is 0 Å². The summed E-state index contributed by atoms with van der Waals surface area (Å²) in [5, 5.41) is 0. The highest BCUT2D eigenvalue weighted by Crippen LogP contribution is 2.34. The highest BCUT2D eigenvalue weighted by Gasteiger charge is 2.42. The molecule has 0 aliphatic carbocycles. The first kappa shape index (κ1) is 26.6. The Kier molecular flexibility index (Phi) is 7.54. The maximum atomic E-state index is 14.5. The van der Waals surface area contributed by atoms with Gasteiger partial charge in [0.05, 0.1) is 19.0 Å². The van der Waals surface area contributed by atoms with Gasteiger partial charge < -0.3 is 10.6 Å². The Hall–Kier alpha value is -3.47. The summed E-state index contributed by atoms with van der Waals surface area (Å²) in [6.45, 7) is 0.282. The summed E-state index contributed by atoms with van der Waals surface area (Å²) in [6, 6.07) is 11.2. The molecule has 1 fully saturated rings. The van der Waals surface area contributed by atoms with Gasteiger partial charge in [0.1, 0.15) is 17.3 Å². The predicted octanol–water partition coefficient (Wildman–Crippen LogP) is 4.12. The van der Waals surface area contributed by atoms with Gasteiger partial charge in [0, 0.05) is 30.4 Å². The molecule has 1 unspecified atom stereocenters. The minimum Gasteiger partial charge on any atom is -0.365 e. The van der Waals surface area contributed by atoms with Gasteiger partial charge in [-0.2, -0.15) is 13.2 Å². The zero-order valence-corrected chi connectivity index (χ0v) is 20.1. The number of hydrogen-bond acceptors (Lipinski definition) is 4. The summed E-state index contributed by atoms with van der Waals surface area (Å²) >= 11 is 0. The Morgan fingerprint density at radius 3 is 2.27 bits per heavy atom. The van der Waals surface area contributed by atoms with Crippen LogP contribution in [0.2, 0.25) is 0 Å². The number of rotatable bonds is 6. The van der Waals surface area contributed by atoms with Crippen LogP contribution < -0.4 is 21.9 Å². The zero-order valence-electron chi connectivity index (χ0n) is 20.1. The fraction of sp³-hybridized carbons (Fsp3) is 0.385. The summed E-state index contributed by atoms with van der Waals surface area (Å²) in [7, 11) is 0. The number of nitrogens with two attached hydrogens (primary N) is 1. The van der Waals surface area contributed by atoms with E-state index in [2.05, 4.69) is 0 Å². The second-order valence-corrected chi connectivity index (χ2v) is 9.26. The Balaban J connectivity index is 1.86. The third kappa shape index (κ3) is 5.46. The molecule has 198 valence electrons. The minimum absolute atomic E-state index is 0.0324. The molecule has 2 aromatic carbocycles. The summed E-state index contributed by atoms with van der Waals surface area (Å²) in [5.41, 5.74) is 4.79. The summed E-state index contributed by atoms with van der Waals surface area (Å²) < 4.78 is 71.4. The van der Waals surface area contributed by atoms with E-state index < -0.39 is 59.7 Å². The molecule has 6 nitrogen and oxygen atoms in total. The maximum Gasteiger partial charge on any atom is 0.393 e. The largest absolute Gasteiger partial charge is 0.393 e. The van der Waals surface area contributed by atoms with Crippen molar-refractivity contribution < 1.29 is 22.0 Å². The Morgan fingerprint density at radius 2 is 1.65 bits per heavy atom. The van der Waals surface area contributed by atoms with Crippen molar-refractivity contribution in [3.05, 3.63) is 97.8 Å². The van der Waals surface area contributed by atoms with Gasteiger partial charge >= 0.3 is 11.9 Å². The van der Waals surface area contributed by atoms with Crippen molar-refractivity contribution in [1.29, 1.82) is 0 Å². The van der Waals surface area contributed by atoms with E-state index in [-0.39, 0.29) is 37.3 Å². The molecule has 0 bridgehead atoms. The number of anilines is 1. The minimum atomic E-state index is -4.45. The average molecular weight is 523 g/mol. The van der Waals surface area contributed by atoms with E-state index in [1.807, 2.05) is 0 Å². The molecule has 2 N–H and O–H groups in total. The second kappa shape index (κ2) is 10.5. The van der Waals surface area contributed by atoms with Crippen LogP contribution in [0, 0.1) is 24.5 Å². The maximum absolute atomic E-state index is 14.5. The third-order valence-electron chi connectivity index (χ3n) is 6.84. The molecule has 0 amide bonds. The first-order valence-electron chi connectivity index (χ1n) is 11.9. The lowest BCUT2D eigenvalue weighted by Gasteiger charge is -2.36. The lowest BCUT2D eigenvalue weighted by Crippen LogP contribution is -2.49. The van der Waals surface area contributed by atoms with Gasteiger partial charge in [-0.3, -0.25) is 13.9 Å². The molecular formula is C26H27F5N4O2. The van der Waals surface area contributed by atoms with Crippen LogP contribution in [0.15, 0.2) is 58.1 Å². The normalized spacial score (nSPS) is 17.2. The highest BCUT2D eigenvalue weighted by molar-refractivity contribution is 5.50. The lowest BCUT2D eigenvalue weighted by molar-refractivity contribution is -0.176. The van der Waals surface area contributed by atoms with Crippen LogP contribution >= 0.6 is 0 Å². The van der Waals surface area contributed by atoms with Crippen molar-refractivity contribution in [3.8, 4) is 0 Å². The summed E-state index contributed by atoms with van der Waals surface area (Å²) in [4.78, 5) is 28.4. The van der Waals surface area contributed by atoms with Gasteiger partial charge in [-0.05, 0) is 37.5 Å². The quantitative estimate of drug-likeness (QED) is 0.495. The number of alkyl halides is 3. The molecule has 1 aliphatic rings. The molecule has 2 atom stereocenters. The first-order chi connectivity index (χ1) is 17.5. The smallest absolute Gasteiger partial charge is 0.365 e. The molecule has 3 aromatic rings. The van der Waals surface area contributed by atoms with Gasteiger partial charge in [0.25, 0.3) is 5.56 Å². The summed E-state index contributed by atoms with van der Waals surface area (Å²) in [6.07, 6.45) is -4.34. The molecule has 1 aromatic heterocycles. The van der Waals surface area contributed by atoms with Crippen LogP contribution in [0.1, 0.15) is 35.7 Å². The predicted molar refractivity (Wildman–Crippen MR) is 130 cm³/mol. The average Bonchev–Trinajstić information content (AvgIpc) is 2.86. The molecule has 0 saturated carbocycles. The Labute approximate surface area is 209 Å².